The lowest BCUT2D eigenvalue weighted by Crippen LogP contribution is -2.51. The van der Waals surface area contributed by atoms with E-state index in [9.17, 15) is 18.8 Å². The molecule has 0 aromatic heterocycles. The number of piperazine rings is 1. The summed E-state index contributed by atoms with van der Waals surface area (Å²) < 4.78 is 14.0. The Labute approximate surface area is 180 Å². The van der Waals surface area contributed by atoms with Gasteiger partial charge >= 0.3 is 0 Å². The normalized spacial score (nSPS) is 19.0. The molecule has 0 radical (unpaired) electrons. The van der Waals surface area contributed by atoms with E-state index in [-0.39, 0.29) is 35.9 Å². The number of hydrogen-bond donors (Lipinski definition) is 1. The number of benzene rings is 2. The quantitative estimate of drug-likeness (QED) is 0.819. The van der Waals surface area contributed by atoms with Gasteiger partial charge < -0.3 is 20.0 Å². The van der Waals surface area contributed by atoms with E-state index in [2.05, 4.69) is 5.32 Å². The topological polar surface area (TPSA) is 73.0 Å². The van der Waals surface area contributed by atoms with Crippen LogP contribution in [0.1, 0.15) is 13.3 Å². The van der Waals surface area contributed by atoms with Gasteiger partial charge in [-0.25, -0.2) is 4.39 Å². The summed E-state index contributed by atoms with van der Waals surface area (Å²) in [5.74, 6) is -0.924. The second-order valence-corrected chi connectivity index (χ2v) is 7.90. The number of rotatable bonds is 4. The third kappa shape index (κ3) is 4.52. The second kappa shape index (κ2) is 8.75. The predicted molar refractivity (Wildman–Crippen MR) is 116 cm³/mol. The van der Waals surface area contributed by atoms with Crippen LogP contribution in [0, 0.1) is 11.7 Å². The van der Waals surface area contributed by atoms with Gasteiger partial charge in [0, 0.05) is 57.4 Å². The lowest BCUT2D eigenvalue weighted by molar-refractivity contribution is -0.136. The second-order valence-electron chi connectivity index (χ2n) is 7.90. The first-order chi connectivity index (χ1) is 14.9. The van der Waals surface area contributed by atoms with Crippen molar-refractivity contribution < 1.29 is 18.8 Å². The van der Waals surface area contributed by atoms with E-state index in [1.54, 1.807) is 52.3 Å². The Bertz CT molecular complexity index is 987. The number of amides is 3. The molecule has 162 valence electrons. The van der Waals surface area contributed by atoms with E-state index in [0.29, 0.717) is 49.8 Å². The highest BCUT2D eigenvalue weighted by Gasteiger charge is 2.38. The van der Waals surface area contributed by atoms with Crippen molar-refractivity contribution in [1.29, 1.82) is 0 Å². The van der Waals surface area contributed by atoms with Crippen molar-refractivity contribution in [3.05, 3.63) is 54.3 Å². The lowest BCUT2D eigenvalue weighted by atomic mass is 10.1. The number of anilines is 3. The molecular weight excluding hydrogens is 399 g/mol. The van der Waals surface area contributed by atoms with Gasteiger partial charge in [0.05, 0.1) is 11.6 Å². The van der Waals surface area contributed by atoms with Crippen LogP contribution >= 0.6 is 0 Å². The van der Waals surface area contributed by atoms with Gasteiger partial charge in [-0.2, -0.15) is 0 Å². The van der Waals surface area contributed by atoms with Crippen molar-refractivity contribution in [2.45, 2.75) is 13.3 Å². The third-order valence-corrected chi connectivity index (χ3v) is 5.76. The summed E-state index contributed by atoms with van der Waals surface area (Å²) in [4.78, 5) is 42.1. The Balaban J connectivity index is 1.35. The Morgan fingerprint density at radius 2 is 1.68 bits per heavy atom. The molecule has 4 rings (SSSR count). The fourth-order valence-electron chi connectivity index (χ4n) is 4.18. The molecule has 7 nitrogen and oxygen atoms in total. The summed E-state index contributed by atoms with van der Waals surface area (Å²) in [6.07, 6.45) is 0.180. The zero-order chi connectivity index (χ0) is 22.0. The molecule has 1 atom stereocenters. The lowest BCUT2D eigenvalue weighted by Gasteiger charge is -2.37. The van der Waals surface area contributed by atoms with Crippen LogP contribution in [0.5, 0.6) is 0 Å². The van der Waals surface area contributed by atoms with E-state index >= 15 is 0 Å². The molecule has 2 aromatic carbocycles. The standard InChI is InChI=1S/C23H25FN4O3/c1-16(29)25-18-6-8-19(9-7-18)28-15-17(14-22(28)30)23(31)27-12-10-26(11-13-27)21-5-3-2-4-20(21)24/h2-9,17H,10-15H2,1H3,(H,25,29). The number of carbonyl (C=O) groups is 3. The van der Waals surface area contributed by atoms with Crippen LogP contribution in [0.3, 0.4) is 0 Å². The minimum atomic E-state index is -0.387. The molecule has 3 amide bonds. The number of halogens is 1. The maximum atomic E-state index is 14.0. The average molecular weight is 424 g/mol. The van der Waals surface area contributed by atoms with Gasteiger partial charge in [-0.05, 0) is 36.4 Å². The first-order valence-corrected chi connectivity index (χ1v) is 10.4. The first kappa shape index (κ1) is 20.8. The van der Waals surface area contributed by atoms with Gasteiger partial charge in [0.1, 0.15) is 5.82 Å². The zero-order valence-corrected chi connectivity index (χ0v) is 17.4. The molecule has 2 saturated heterocycles. The fourth-order valence-corrected chi connectivity index (χ4v) is 4.18. The van der Waals surface area contributed by atoms with Crippen molar-refractivity contribution in [1.82, 2.24) is 4.90 Å². The summed E-state index contributed by atoms with van der Waals surface area (Å²) in [6, 6.07) is 13.7. The summed E-state index contributed by atoms with van der Waals surface area (Å²) in [5.41, 5.74) is 1.92. The Morgan fingerprint density at radius 1 is 1.00 bits per heavy atom. The van der Waals surface area contributed by atoms with Crippen LogP contribution in [-0.4, -0.2) is 55.3 Å². The first-order valence-electron chi connectivity index (χ1n) is 10.4. The summed E-state index contributed by atoms with van der Waals surface area (Å²) >= 11 is 0. The fraction of sp³-hybridized carbons (Fsp3) is 0.348. The molecule has 1 unspecified atom stereocenters. The largest absolute Gasteiger partial charge is 0.366 e. The highest BCUT2D eigenvalue weighted by atomic mass is 19.1. The molecular formula is C23H25FN4O3. The van der Waals surface area contributed by atoms with Gasteiger partial charge in [-0.3, -0.25) is 14.4 Å². The van der Waals surface area contributed by atoms with E-state index < -0.39 is 0 Å². The molecule has 2 fully saturated rings. The molecule has 2 heterocycles. The minimum Gasteiger partial charge on any atom is -0.366 e. The third-order valence-electron chi connectivity index (χ3n) is 5.76. The molecule has 2 aliphatic heterocycles. The summed E-state index contributed by atoms with van der Waals surface area (Å²) in [5, 5.41) is 2.69. The molecule has 0 bridgehead atoms. The van der Waals surface area contributed by atoms with Gasteiger partial charge in [0.25, 0.3) is 0 Å². The van der Waals surface area contributed by atoms with Crippen LogP contribution in [0.2, 0.25) is 0 Å². The molecule has 31 heavy (non-hydrogen) atoms. The molecule has 0 aliphatic carbocycles. The SMILES string of the molecule is CC(=O)Nc1ccc(N2CC(C(=O)N3CCN(c4ccccc4F)CC3)CC2=O)cc1. The van der Waals surface area contributed by atoms with Gasteiger partial charge in [0.15, 0.2) is 0 Å². The van der Waals surface area contributed by atoms with Crippen molar-refractivity contribution in [2.75, 3.05) is 47.8 Å². The number of para-hydroxylation sites is 1. The molecule has 1 N–H and O–H groups in total. The highest BCUT2D eigenvalue weighted by Crippen LogP contribution is 2.28. The maximum absolute atomic E-state index is 14.0. The van der Waals surface area contributed by atoms with Gasteiger partial charge in [0.2, 0.25) is 17.7 Å². The number of carbonyl (C=O) groups excluding carboxylic acids is 3. The van der Waals surface area contributed by atoms with Crippen LogP contribution in [0.4, 0.5) is 21.5 Å². The monoisotopic (exact) mass is 424 g/mol. The maximum Gasteiger partial charge on any atom is 0.228 e. The van der Waals surface area contributed by atoms with Crippen molar-refractivity contribution in [2.24, 2.45) is 5.92 Å². The molecule has 0 spiro atoms. The Hall–Kier alpha value is -3.42. The van der Waals surface area contributed by atoms with E-state index in [4.69, 9.17) is 0 Å². The van der Waals surface area contributed by atoms with Crippen LogP contribution in [0.25, 0.3) is 0 Å². The smallest absolute Gasteiger partial charge is 0.228 e. The van der Waals surface area contributed by atoms with Crippen LogP contribution in [0.15, 0.2) is 48.5 Å². The summed E-state index contributed by atoms with van der Waals surface area (Å²) in [7, 11) is 0. The molecule has 8 heteroatoms. The Morgan fingerprint density at radius 3 is 2.32 bits per heavy atom. The van der Waals surface area contributed by atoms with Crippen molar-refractivity contribution in [3.63, 3.8) is 0 Å². The van der Waals surface area contributed by atoms with Crippen LogP contribution in [-0.2, 0) is 14.4 Å². The van der Waals surface area contributed by atoms with Gasteiger partial charge in [-0.15, -0.1) is 0 Å². The zero-order valence-electron chi connectivity index (χ0n) is 17.4. The van der Waals surface area contributed by atoms with Gasteiger partial charge in [-0.1, -0.05) is 12.1 Å². The van der Waals surface area contributed by atoms with E-state index in [0.717, 1.165) is 0 Å². The molecule has 2 aliphatic rings. The predicted octanol–water partition coefficient (Wildman–Crippen LogP) is 2.49. The average Bonchev–Trinajstić information content (AvgIpc) is 3.15. The number of hydrogen-bond acceptors (Lipinski definition) is 4. The van der Waals surface area contributed by atoms with E-state index in [1.807, 2.05) is 4.90 Å². The highest BCUT2D eigenvalue weighted by molar-refractivity contribution is 6.00. The number of nitrogens with zero attached hydrogens (tertiary/aromatic N) is 3. The summed E-state index contributed by atoms with van der Waals surface area (Å²) in [6.45, 7) is 3.89. The van der Waals surface area contributed by atoms with Crippen LogP contribution < -0.4 is 15.1 Å². The van der Waals surface area contributed by atoms with E-state index in [1.165, 1.54) is 13.0 Å². The van der Waals surface area contributed by atoms with Crippen molar-refractivity contribution >= 4 is 34.8 Å². The minimum absolute atomic E-state index is 0.0288. The number of nitrogens with one attached hydrogen (secondary N) is 1. The molecule has 0 saturated carbocycles. The van der Waals surface area contributed by atoms with Crippen molar-refractivity contribution in [3.8, 4) is 0 Å². The Kier molecular flexibility index (Phi) is 5.88. The molecule has 2 aromatic rings.